The van der Waals surface area contributed by atoms with Gasteiger partial charge in [0.1, 0.15) is 5.60 Å². The van der Waals surface area contributed by atoms with E-state index in [4.69, 9.17) is 4.74 Å². The summed E-state index contributed by atoms with van der Waals surface area (Å²) in [5.41, 5.74) is 1.19. The van der Waals surface area contributed by atoms with Crippen molar-refractivity contribution in [3.8, 4) is 0 Å². The average Bonchev–Trinajstić information content (AvgIpc) is 2.73. The summed E-state index contributed by atoms with van der Waals surface area (Å²) in [6.45, 7) is 5.93. The highest BCUT2D eigenvalue weighted by Gasteiger charge is 2.20. The number of benzene rings is 1. The molecule has 0 bridgehead atoms. The third-order valence-corrected chi connectivity index (χ3v) is 2.83. The van der Waals surface area contributed by atoms with Crippen molar-refractivity contribution in [3.05, 3.63) is 36.0 Å². The topological polar surface area (TPSA) is 43.6 Å². The Labute approximate surface area is 123 Å². The lowest BCUT2D eigenvalue weighted by molar-refractivity contribution is 0.0544. The van der Waals surface area contributed by atoms with Gasteiger partial charge in [0.2, 0.25) is 0 Å². The van der Waals surface area contributed by atoms with Gasteiger partial charge < -0.3 is 4.74 Å². The van der Waals surface area contributed by atoms with Crippen LogP contribution in [-0.4, -0.2) is 21.4 Å². The molecule has 2 aromatic rings. The number of rotatable bonds is 2. The molecule has 0 unspecified atom stereocenters. The average molecular weight is 288 g/mol. The first kappa shape index (κ1) is 14.4. The zero-order chi connectivity index (χ0) is 14.8. The van der Waals surface area contributed by atoms with Crippen molar-refractivity contribution in [3.63, 3.8) is 0 Å². The lowest BCUT2D eigenvalue weighted by Gasteiger charge is -2.19. The highest BCUT2D eigenvalue weighted by molar-refractivity contribution is 7.78. The van der Waals surface area contributed by atoms with Gasteiger partial charge in [-0.1, -0.05) is 18.2 Å². The lowest BCUT2D eigenvalue weighted by Crippen LogP contribution is -2.26. The van der Waals surface area contributed by atoms with Gasteiger partial charge in [0.05, 0.1) is 17.2 Å². The fourth-order valence-corrected chi connectivity index (χ4v) is 2.02. The summed E-state index contributed by atoms with van der Waals surface area (Å²) in [6.07, 6.45) is 1.35. The number of ether oxygens (including phenoxy) is 1. The molecule has 1 heterocycles. The number of hydrogen-bond donors (Lipinski definition) is 0. The number of hydrogen-bond acceptors (Lipinski definition) is 4. The normalized spacial score (nSPS) is 11.2. The molecule has 0 aliphatic heterocycles. The Morgan fingerprint density at radius 1 is 1.40 bits per heavy atom. The Morgan fingerprint density at radius 3 is 2.75 bits per heavy atom. The number of aliphatic imine (C=N–C) groups is 1. The number of carbonyl (C=O) groups excluding carboxylic acids is 1. The minimum absolute atomic E-state index is 0.397. The standard InChI is InChI=1S/C15H16N2O2S/c1-15(2,3)19-14(18)17-9-11(8-16-10-20)12-6-4-5-7-13(12)17/h4-7,9H,8H2,1-3H3. The molecule has 0 saturated carbocycles. The van der Waals surface area contributed by atoms with E-state index >= 15 is 0 Å². The summed E-state index contributed by atoms with van der Waals surface area (Å²) in [7, 11) is 0. The van der Waals surface area contributed by atoms with Crippen molar-refractivity contribution in [2.45, 2.75) is 32.9 Å². The van der Waals surface area contributed by atoms with E-state index in [1.54, 1.807) is 6.20 Å². The second-order valence-electron chi connectivity index (χ2n) is 5.43. The Bertz CT molecular complexity index is 691. The van der Waals surface area contributed by atoms with Crippen molar-refractivity contribution in [1.29, 1.82) is 0 Å². The molecule has 0 aliphatic rings. The predicted octanol–water partition coefficient (Wildman–Crippen LogP) is 4.03. The molecule has 0 N–H and O–H groups in total. The zero-order valence-electron chi connectivity index (χ0n) is 11.7. The SMILES string of the molecule is CC(C)(C)OC(=O)n1cc(CN=C=S)c2ccccc21. The first-order valence-corrected chi connectivity index (χ1v) is 6.69. The number of aromatic nitrogens is 1. The van der Waals surface area contributed by atoms with Gasteiger partial charge in [-0.05, 0) is 39.1 Å². The molecule has 1 aromatic heterocycles. The van der Waals surface area contributed by atoms with Crippen LogP contribution in [0.1, 0.15) is 26.3 Å². The maximum Gasteiger partial charge on any atom is 0.419 e. The van der Waals surface area contributed by atoms with Crippen LogP contribution in [0.15, 0.2) is 35.5 Å². The van der Waals surface area contributed by atoms with Gasteiger partial charge in [0, 0.05) is 17.1 Å². The van der Waals surface area contributed by atoms with Crippen LogP contribution in [0.5, 0.6) is 0 Å². The van der Waals surface area contributed by atoms with E-state index in [-0.39, 0.29) is 0 Å². The molecule has 0 radical (unpaired) electrons. The molecule has 0 spiro atoms. The summed E-state index contributed by atoms with van der Waals surface area (Å²) < 4.78 is 6.92. The van der Waals surface area contributed by atoms with Gasteiger partial charge in [-0.2, -0.15) is 0 Å². The Kier molecular flexibility index (Phi) is 4.02. The number of carbonyl (C=O) groups is 1. The number of para-hydroxylation sites is 1. The number of fused-ring (bicyclic) bond motifs is 1. The van der Waals surface area contributed by atoms with Gasteiger partial charge in [-0.3, -0.25) is 4.57 Å². The predicted molar refractivity (Wildman–Crippen MR) is 82.3 cm³/mol. The first-order chi connectivity index (χ1) is 9.42. The third-order valence-electron chi connectivity index (χ3n) is 2.70. The fourth-order valence-electron chi connectivity index (χ4n) is 1.96. The maximum atomic E-state index is 12.2. The Morgan fingerprint density at radius 2 is 2.10 bits per heavy atom. The third kappa shape index (κ3) is 3.13. The molecule has 0 fully saturated rings. The van der Waals surface area contributed by atoms with Gasteiger partial charge in [-0.15, -0.1) is 0 Å². The molecule has 0 amide bonds. The van der Waals surface area contributed by atoms with Crippen molar-refractivity contribution < 1.29 is 9.53 Å². The van der Waals surface area contributed by atoms with E-state index in [9.17, 15) is 4.79 Å². The van der Waals surface area contributed by atoms with Crippen LogP contribution in [0, 0.1) is 0 Å². The Hall–Kier alpha value is -1.97. The van der Waals surface area contributed by atoms with Gasteiger partial charge in [0.15, 0.2) is 0 Å². The van der Waals surface area contributed by atoms with Gasteiger partial charge in [0.25, 0.3) is 0 Å². The highest BCUT2D eigenvalue weighted by atomic mass is 32.1. The molecule has 4 nitrogen and oxygen atoms in total. The van der Waals surface area contributed by atoms with Crippen LogP contribution in [0.2, 0.25) is 0 Å². The number of thiocarbonyl (C=S) groups is 1. The zero-order valence-corrected chi connectivity index (χ0v) is 12.5. The van der Waals surface area contributed by atoms with Crippen molar-refractivity contribution >= 4 is 34.4 Å². The summed E-state index contributed by atoms with van der Waals surface area (Å²) >= 11 is 4.59. The summed E-state index contributed by atoms with van der Waals surface area (Å²) in [5, 5.41) is 3.31. The minimum atomic E-state index is -0.533. The van der Waals surface area contributed by atoms with E-state index in [1.165, 1.54) is 4.57 Å². The van der Waals surface area contributed by atoms with E-state index < -0.39 is 11.7 Å². The van der Waals surface area contributed by atoms with Gasteiger partial charge >= 0.3 is 6.09 Å². The smallest absolute Gasteiger partial charge is 0.419 e. The molecular weight excluding hydrogens is 272 g/mol. The van der Waals surface area contributed by atoms with Crippen LogP contribution in [0.4, 0.5) is 4.79 Å². The van der Waals surface area contributed by atoms with Crippen LogP contribution in [0.25, 0.3) is 10.9 Å². The van der Waals surface area contributed by atoms with E-state index in [2.05, 4.69) is 22.4 Å². The molecule has 2 rings (SSSR count). The van der Waals surface area contributed by atoms with Crippen LogP contribution in [-0.2, 0) is 11.3 Å². The quantitative estimate of drug-likeness (QED) is 0.619. The second-order valence-corrected chi connectivity index (χ2v) is 5.61. The minimum Gasteiger partial charge on any atom is -0.443 e. The number of isothiocyanates is 1. The summed E-state index contributed by atoms with van der Waals surface area (Å²) in [5.74, 6) is 0. The highest BCUT2D eigenvalue weighted by Crippen LogP contribution is 2.23. The molecule has 0 aliphatic carbocycles. The fraction of sp³-hybridized carbons (Fsp3) is 0.333. The summed E-state index contributed by atoms with van der Waals surface area (Å²) in [4.78, 5) is 16.2. The molecule has 104 valence electrons. The van der Waals surface area contributed by atoms with E-state index in [1.807, 2.05) is 45.0 Å². The van der Waals surface area contributed by atoms with E-state index in [0.29, 0.717) is 6.54 Å². The van der Waals surface area contributed by atoms with Crippen LogP contribution >= 0.6 is 12.2 Å². The Balaban J connectivity index is 2.48. The van der Waals surface area contributed by atoms with Crippen molar-refractivity contribution in [2.75, 3.05) is 0 Å². The summed E-state index contributed by atoms with van der Waals surface area (Å²) in [6, 6.07) is 7.64. The first-order valence-electron chi connectivity index (χ1n) is 6.28. The molecule has 20 heavy (non-hydrogen) atoms. The van der Waals surface area contributed by atoms with Crippen molar-refractivity contribution in [1.82, 2.24) is 4.57 Å². The van der Waals surface area contributed by atoms with E-state index in [0.717, 1.165) is 16.5 Å². The number of nitrogens with zero attached hydrogens (tertiary/aromatic N) is 2. The lowest BCUT2D eigenvalue weighted by atomic mass is 10.2. The second kappa shape index (κ2) is 5.57. The molecule has 0 saturated heterocycles. The van der Waals surface area contributed by atoms with Gasteiger partial charge in [-0.25, -0.2) is 9.79 Å². The molecule has 0 atom stereocenters. The maximum absolute atomic E-state index is 12.2. The molecule has 1 aromatic carbocycles. The van der Waals surface area contributed by atoms with Crippen LogP contribution < -0.4 is 0 Å². The van der Waals surface area contributed by atoms with Crippen LogP contribution in [0.3, 0.4) is 0 Å². The molecule has 5 heteroatoms. The molecular formula is C15H16N2O2S. The largest absolute Gasteiger partial charge is 0.443 e. The monoisotopic (exact) mass is 288 g/mol. The van der Waals surface area contributed by atoms with Crippen molar-refractivity contribution in [2.24, 2.45) is 4.99 Å².